The highest BCUT2D eigenvalue weighted by molar-refractivity contribution is 6.32. The second kappa shape index (κ2) is 7.36. The fourth-order valence-corrected chi connectivity index (χ4v) is 3.96. The molecule has 3 aromatic rings. The van der Waals surface area contributed by atoms with E-state index in [1.165, 1.54) is 12.7 Å². The lowest BCUT2D eigenvalue weighted by Gasteiger charge is -2.22. The summed E-state index contributed by atoms with van der Waals surface area (Å²) in [6.07, 6.45) is 4.23. The summed E-state index contributed by atoms with van der Waals surface area (Å²) in [6.45, 7) is 2.05. The number of halogens is 1. The number of amides is 1. The van der Waals surface area contributed by atoms with Crippen molar-refractivity contribution in [1.82, 2.24) is 9.38 Å². The number of carbonyl (C=O) groups excluding carboxylic acids is 1. The van der Waals surface area contributed by atoms with Gasteiger partial charge in [0.2, 0.25) is 5.91 Å². The van der Waals surface area contributed by atoms with Crippen molar-refractivity contribution in [1.29, 1.82) is 0 Å². The molecule has 0 saturated heterocycles. The van der Waals surface area contributed by atoms with Crippen LogP contribution in [0.5, 0.6) is 11.5 Å². The van der Waals surface area contributed by atoms with Crippen LogP contribution >= 0.6 is 11.6 Å². The van der Waals surface area contributed by atoms with E-state index < -0.39 is 0 Å². The Morgan fingerprint density at radius 2 is 2.04 bits per heavy atom. The highest BCUT2D eigenvalue weighted by Crippen LogP contribution is 2.36. The molecule has 28 heavy (non-hydrogen) atoms. The van der Waals surface area contributed by atoms with Gasteiger partial charge in [-0.2, -0.15) is 0 Å². The number of aromatic nitrogens is 2. The van der Waals surface area contributed by atoms with Crippen LogP contribution in [-0.2, 0) is 17.6 Å². The number of fused-ring (bicyclic) bond motifs is 3. The Morgan fingerprint density at radius 3 is 2.79 bits per heavy atom. The monoisotopic (exact) mass is 399 g/mol. The van der Waals surface area contributed by atoms with Gasteiger partial charge in [-0.1, -0.05) is 11.6 Å². The molecule has 0 spiro atoms. The van der Waals surface area contributed by atoms with E-state index in [-0.39, 0.29) is 11.8 Å². The molecule has 1 N–H and O–H groups in total. The first kappa shape index (κ1) is 18.6. The van der Waals surface area contributed by atoms with Crippen molar-refractivity contribution in [2.75, 3.05) is 19.5 Å². The van der Waals surface area contributed by atoms with Crippen molar-refractivity contribution < 1.29 is 14.3 Å². The van der Waals surface area contributed by atoms with Gasteiger partial charge in [0.15, 0.2) is 0 Å². The minimum atomic E-state index is -0.139. The van der Waals surface area contributed by atoms with Gasteiger partial charge in [0, 0.05) is 36.4 Å². The van der Waals surface area contributed by atoms with E-state index in [0.29, 0.717) is 28.6 Å². The summed E-state index contributed by atoms with van der Waals surface area (Å²) in [5.74, 6) is 0.803. The number of hydrogen-bond donors (Lipinski definition) is 1. The smallest absolute Gasteiger partial charge is 0.227 e. The summed E-state index contributed by atoms with van der Waals surface area (Å²) in [7, 11) is 3.08. The Kier molecular flexibility index (Phi) is 4.89. The number of nitrogens with zero attached hydrogens (tertiary/aromatic N) is 2. The zero-order valence-electron chi connectivity index (χ0n) is 16.1. The number of pyridine rings is 1. The Labute approximate surface area is 168 Å². The lowest BCUT2D eigenvalue weighted by Crippen LogP contribution is -2.28. The summed E-state index contributed by atoms with van der Waals surface area (Å²) in [5, 5.41) is 3.41. The first-order chi connectivity index (χ1) is 13.5. The van der Waals surface area contributed by atoms with Gasteiger partial charge in [-0.3, -0.25) is 4.79 Å². The van der Waals surface area contributed by atoms with E-state index in [0.717, 1.165) is 29.9 Å². The van der Waals surface area contributed by atoms with Gasteiger partial charge in [-0.25, -0.2) is 4.98 Å². The van der Waals surface area contributed by atoms with Gasteiger partial charge in [0.05, 0.1) is 30.6 Å². The zero-order chi connectivity index (χ0) is 19.8. The average Bonchev–Trinajstić information content (AvgIpc) is 3.05. The second-order valence-corrected chi connectivity index (χ2v) is 7.46. The molecule has 1 aliphatic carbocycles. The van der Waals surface area contributed by atoms with Crippen LogP contribution in [0.4, 0.5) is 5.69 Å². The number of carbonyl (C=O) groups is 1. The predicted octanol–water partition coefficient (Wildman–Crippen LogP) is 4.06. The van der Waals surface area contributed by atoms with Crippen LogP contribution in [-0.4, -0.2) is 29.5 Å². The van der Waals surface area contributed by atoms with Crippen molar-refractivity contribution >= 4 is 28.8 Å². The van der Waals surface area contributed by atoms with Crippen LogP contribution in [0.3, 0.4) is 0 Å². The van der Waals surface area contributed by atoms with E-state index in [1.54, 1.807) is 19.2 Å². The first-order valence-corrected chi connectivity index (χ1v) is 9.56. The Morgan fingerprint density at radius 1 is 1.25 bits per heavy atom. The molecular weight excluding hydrogens is 378 g/mol. The van der Waals surface area contributed by atoms with Crippen LogP contribution in [0.15, 0.2) is 30.5 Å². The van der Waals surface area contributed by atoms with Gasteiger partial charge < -0.3 is 19.2 Å². The van der Waals surface area contributed by atoms with Crippen molar-refractivity contribution in [3.63, 3.8) is 0 Å². The van der Waals surface area contributed by atoms with Crippen molar-refractivity contribution in [2.45, 2.75) is 26.2 Å². The summed E-state index contributed by atoms with van der Waals surface area (Å²) in [5.41, 5.74) is 4.86. The maximum Gasteiger partial charge on any atom is 0.227 e. The quantitative estimate of drug-likeness (QED) is 0.718. The number of methoxy groups -OCH3 is 2. The van der Waals surface area contributed by atoms with Crippen molar-refractivity contribution in [3.05, 3.63) is 52.4 Å². The molecule has 1 atom stereocenters. The number of ether oxygens (including phenoxy) is 2. The highest BCUT2D eigenvalue weighted by Gasteiger charge is 2.29. The van der Waals surface area contributed by atoms with Gasteiger partial charge in [0.1, 0.15) is 17.1 Å². The van der Waals surface area contributed by atoms with Crippen LogP contribution in [0.1, 0.15) is 23.4 Å². The summed E-state index contributed by atoms with van der Waals surface area (Å²) in [4.78, 5) is 17.7. The number of imidazole rings is 1. The normalized spacial score (nSPS) is 15.9. The van der Waals surface area contributed by atoms with Crippen LogP contribution in [0.2, 0.25) is 5.02 Å². The van der Waals surface area contributed by atoms with Crippen molar-refractivity contribution in [2.24, 2.45) is 5.92 Å². The minimum absolute atomic E-state index is 0.0459. The highest BCUT2D eigenvalue weighted by atomic mass is 35.5. The molecule has 7 heteroatoms. The number of hydrogen-bond acceptors (Lipinski definition) is 4. The van der Waals surface area contributed by atoms with Gasteiger partial charge in [0.25, 0.3) is 0 Å². The van der Waals surface area contributed by atoms with E-state index in [9.17, 15) is 4.79 Å². The lowest BCUT2D eigenvalue weighted by atomic mass is 9.89. The molecule has 0 saturated carbocycles. The summed E-state index contributed by atoms with van der Waals surface area (Å²) < 4.78 is 12.7. The molecule has 0 bridgehead atoms. The van der Waals surface area contributed by atoms with E-state index in [1.807, 2.05) is 6.20 Å². The average molecular weight is 400 g/mol. The fraction of sp³-hybridized carbons (Fsp3) is 0.333. The molecule has 2 aromatic heterocycles. The van der Waals surface area contributed by atoms with Gasteiger partial charge >= 0.3 is 0 Å². The Bertz CT molecular complexity index is 1060. The van der Waals surface area contributed by atoms with Crippen molar-refractivity contribution in [3.8, 4) is 11.5 Å². The summed E-state index contributed by atoms with van der Waals surface area (Å²) in [6, 6.07) is 7.45. The molecule has 0 radical (unpaired) electrons. The lowest BCUT2D eigenvalue weighted by molar-refractivity contribution is -0.120. The molecule has 0 fully saturated rings. The number of nitrogens with one attached hydrogen (secondary N) is 1. The molecule has 6 nitrogen and oxygen atoms in total. The van der Waals surface area contributed by atoms with E-state index in [2.05, 4.69) is 28.8 Å². The standard InChI is InChI=1S/C21H22ClN3O3/c1-12-6-7-25-17-9-13(4-5-15(17)23-20(25)8-12)21(26)24-16-11-18(27-2)14(22)10-19(16)28-3/h6-8,10-11,13H,4-5,9H2,1-3H3,(H,24,26). The van der Waals surface area contributed by atoms with Crippen LogP contribution < -0.4 is 14.8 Å². The molecule has 1 aliphatic rings. The van der Waals surface area contributed by atoms with E-state index >= 15 is 0 Å². The molecule has 146 valence electrons. The molecule has 2 heterocycles. The second-order valence-electron chi connectivity index (χ2n) is 7.05. The molecular formula is C21H22ClN3O3. The molecule has 4 rings (SSSR count). The minimum Gasteiger partial charge on any atom is -0.495 e. The molecule has 1 unspecified atom stereocenters. The van der Waals surface area contributed by atoms with Crippen LogP contribution in [0.25, 0.3) is 5.65 Å². The maximum atomic E-state index is 13.0. The number of anilines is 1. The van der Waals surface area contributed by atoms with Crippen LogP contribution in [0, 0.1) is 12.8 Å². The molecule has 1 amide bonds. The number of benzene rings is 1. The molecule has 0 aliphatic heterocycles. The number of rotatable bonds is 4. The maximum absolute atomic E-state index is 13.0. The fourth-order valence-electron chi connectivity index (χ4n) is 3.73. The first-order valence-electron chi connectivity index (χ1n) is 9.19. The van der Waals surface area contributed by atoms with Gasteiger partial charge in [-0.15, -0.1) is 0 Å². The zero-order valence-corrected chi connectivity index (χ0v) is 16.8. The van der Waals surface area contributed by atoms with Gasteiger partial charge in [-0.05, 0) is 37.5 Å². The third-order valence-corrected chi connectivity index (χ3v) is 5.53. The SMILES string of the molecule is COc1cc(NC(=O)C2CCc3nc4cc(C)ccn4c3C2)c(OC)cc1Cl. The molecule has 1 aromatic carbocycles. The third kappa shape index (κ3) is 3.29. The topological polar surface area (TPSA) is 64.9 Å². The van der Waals surface area contributed by atoms with E-state index in [4.69, 9.17) is 26.1 Å². The number of aryl methyl sites for hydroxylation is 2. The largest absolute Gasteiger partial charge is 0.495 e. The third-order valence-electron chi connectivity index (χ3n) is 5.24. The summed E-state index contributed by atoms with van der Waals surface area (Å²) >= 11 is 6.15. The Hall–Kier alpha value is -2.73. The Balaban J connectivity index is 1.58. The predicted molar refractivity (Wildman–Crippen MR) is 109 cm³/mol.